The summed E-state index contributed by atoms with van der Waals surface area (Å²) < 4.78 is 6.90. The van der Waals surface area contributed by atoms with Gasteiger partial charge in [0.05, 0.1) is 18.5 Å². The first kappa shape index (κ1) is 25.6. The monoisotopic (exact) mass is 528 g/mol. The molecule has 1 atom stereocenters. The second-order valence-electron chi connectivity index (χ2n) is 9.37. The van der Waals surface area contributed by atoms with Gasteiger partial charge in [0, 0.05) is 18.5 Å². The molecule has 0 spiro atoms. The number of rotatable bonds is 7. The molecule has 3 aromatic carbocycles. The van der Waals surface area contributed by atoms with E-state index >= 15 is 0 Å². The fourth-order valence-electron chi connectivity index (χ4n) is 4.89. The number of phenolic OH excluding ortho intramolecular Hbond substituents is 1. The van der Waals surface area contributed by atoms with Crippen LogP contribution < -0.4 is 4.74 Å². The molecule has 8 heteroatoms. The number of benzene rings is 3. The lowest BCUT2D eigenvalue weighted by Gasteiger charge is -2.39. The standard InChI is InChI=1S/C30H29ClN4O3/c1-20-29(31)34(19-33-20)26-13-9-21(17-27(26)36)10-14-28(32)35(18-22-7-11-24(38-2)12-8-22)30(37)16-15-23-5-3-4-6-25(23)30/h3-14,17,19,32,36-37H,15-16,18H2,1-2H3/b14-10+,32-28?. The Morgan fingerprint density at radius 1 is 1.18 bits per heavy atom. The minimum atomic E-state index is -1.32. The molecule has 5 rings (SSSR count). The third-order valence-electron chi connectivity index (χ3n) is 7.00. The molecule has 38 heavy (non-hydrogen) atoms. The van der Waals surface area contributed by atoms with Gasteiger partial charge in [0.25, 0.3) is 0 Å². The number of halogens is 1. The third kappa shape index (κ3) is 4.78. The summed E-state index contributed by atoms with van der Waals surface area (Å²) in [6.45, 7) is 2.13. The zero-order valence-corrected chi connectivity index (χ0v) is 22.0. The Labute approximate surface area is 226 Å². The maximum absolute atomic E-state index is 11.9. The zero-order valence-electron chi connectivity index (χ0n) is 21.2. The van der Waals surface area contributed by atoms with Crippen LogP contribution in [0, 0.1) is 12.3 Å². The van der Waals surface area contributed by atoms with E-state index in [4.69, 9.17) is 21.7 Å². The lowest BCUT2D eigenvalue weighted by Crippen LogP contribution is -2.47. The highest BCUT2D eigenvalue weighted by Gasteiger charge is 2.42. The van der Waals surface area contributed by atoms with E-state index < -0.39 is 5.72 Å². The SMILES string of the molecule is COc1ccc(CN(C(=N)/C=C/c2ccc(-n3cnc(C)c3Cl)c(O)c2)C2(O)CCc3ccccc32)cc1. The first-order valence-electron chi connectivity index (χ1n) is 12.3. The number of imidazole rings is 1. The van der Waals surface area contributed by atoms with Gasteiger partial charge in [0.1, 0.15) is 28.8 Å². The average Bonchev–Trinajstić information content (AvgIpc) is 3.45. The van der Waals surface area contributed by atoms with E-state index in [1.54, 1.807) is 54.1 Å². The van der Waals surface area contributed by atoms with Gasteiger partial charge in [-0.3, -0.25) is 9.98 Å². The molecule has 0 bridgehead atoms. The normalized spacial score (nSPS) is 16.5. The molecule has 7 nitrogen and oxygen atoms in total. The van der Waals surface area contributed by atoms with E-state index in [9.17, 15) is 10.2 Å². The van der Waals surface area contributed by atoms with Gasteiger partial charge in [-0.25, -0.2) is 4.98 Å². The molecule has 4 aromatic rings. The number of nitrogens with zero attached hydrogens (tertiary/aromatic N) is 3. The Morgan fingerprint density at radius 3 is 2.63 bits per heavy atom. The van der Waals surface area contributed by atoms with E-state index in [0.29, 0.717) is 35.1 Å². The largest absolute Gasteiger partial charge is 0.506 e. The van der Waals surface area contributed by atoms with E-state index in [-0.39, 0.29) is 11.6 Å². The number of aliphatic hydroxyl groups is 1. The summed E-state index contributed by atoms with van der Waals surface area (Å²) in [4.78, 5) is 5.90. The fraction of sp³-hybridized carbons (Fsp3) is 0.200. The Morgan fingerprint density at radius 2 is 1.95 bits per heavy atom. The van der Waals surface area contributed by atoms with Gasteiger partial charge in [0.15, 0.2) is 5.72 Å². The predicted octanol–water partition coefficient (Wildman–Crippen LogP) is 5.83. The van der Waals surface area contributed by atoms with Crippen LogP contribution >= 0.6 is 11.6 Å². The Kier molecular flexibility index (Phi) is 6.97. The Bertz CT molecular complexity index is 1510. The van der Waals surface area contributed by atoms with Crippen LogP contribution in [0.3, 0.4) is 0 Å². The lowest BCUT2D eigenvalue weighted by atomic mass is 10.0. The van der Waals surface area contributed by atoms with Gasteiger partial charge in [-0.1, -0.05) is 60.1 Å². The highest BCUT2D eigenvalue weighted by Crippen LogP contribution is 2.40. The van der Waals surface area contributed by atoms with Gasteiger partial charge in [0.2, 0.25) is 0 Å². The first-order valence-corrected chi connectivity index (χ1v) is 12.7. The van der Waals surface area contributed by atoms with Crippen molar-refractivity contribution in [1.29, 1.82) is 5.41 Å². The van der Waals surface area contributed by atoms with Gasteiger partial charge in [-0.2, -0.15) is 0 Å². The van der Waals surface area contributed by atoms with Crippen LogP contribution in [-0.4, -0.2) is 37.6 Å². The zero-order chi connectivity index (χ0) is 26.9. The summed E-state index contributed by atoms with van der Waals surface area (Å²) in [5, 5.41) is 32.0. The molecule has 0 fully saturated rings. The van der Waals surface area contributed by atoms with Crippen LogP contribution in [0.5, 0.6) is 11.5 Å². The second-order valence-corrected chi connectivity index (χ2v) is 9.72. The van der Waals surface area contributed by atoms with Crippen LogP contribution in [0.1, 0.15) is 34.4 Å². The molecular formula is C30H29ClN4O3. The predicted molar refractivity (Wildman–Crippen MR) is 149 cm³/mol. The number of fused-ring (bicyclic) bond motifs is 1. The van der Waals surface area contributed by atoms with E-state index in [1.807, 2.05) is 54.6 Å². The molecule has 0 aliphatic heterocycles. The lowest BCUT2D eigenvalue weighted by molar-refractivity contribution is -0.0790. The maximum Gasteiger partial charge on any atom is 0.166 e. The molecule has 1 aromatic heterocycles. The Balaban J connectivity index is 1.44. The summed E-state index contributed by atoms with van der Waals surface area (Å²) in [5.41, 5.74) is 3.41. The van der Waals surface area contributed by atoms with Crippen LogP contribution in [0.2, 0.25) is 5.15 Å². The first-order chi connectivity index (χ1) is 18.3. The molecule has 1 heterocycles. The number of hydrogen-bond donors (Lipinski definition) is 3. The van der Waals surface area contributed by atoms with Crippen LogP contribution in [0.4, 0.5) is 0 Å². The summed E-state index contributed by atoms with van der Waals surface area (Å²) in [6.07, 6.45) is 6.17. The fourth-order valence-corrected chi connectivity index (χ4v) is 5.07. The van der Waals surface area contributed by atoms with Crippen molar-refractivity contribution in [2.24, 2.45) is 0 Å². The van der Waals surface area contributed by atoms with Crippen molar-refractivity contribution in [3.63, 3.8) is 0 Å². The molecule has 0 amide bonds. The topological polar surface area (TPSA) is 94.6 Å². The van der Waals surface area contributed by atoms with Gasteiger partial charge < -0.3 is 19.8 Å². The molecule has 1 aliphatic carbocycles. The molecule has 0 saturated carbocycles. The van der Waals surface area contributed by atoms with Gasteiger partial charge >= 0.3 is 0 Å². The van der Waals surface area contributed by atoms with Crippen molar-refractivity contribution in [2.45, 2.75) is 32.0 Å². The molecule has 3 N–H and O–H groups in total. The third-order valence-corrected chi connectivity index (χ3v) is 7.45. The quantitative estimate of drug-likeness (QED) is 0.159. The number of aromatic nitrogens is 2. The minimum absolute atomic E-state index is 0.0384. The van der Waals surface area contributed by atoms with Gasteiger partial charge in [-0.05, 0) is 60.4 Å². The van der Waals surface area contributed by atoms with Crippen molar-refractivity contribution < 1.29 is 14.9 Å². The van der Waals surface area contributed by atoms with E-state index in [0.717, 1.165) is 28.9 Å². The van der Waals surface area contributed by atoms with E-state index in [1.165, 1.54) is 0 Å². The number of methoxy groups -OCH3 is 1. The maximum atomic E-state index is 11.9. The minimum Gasteiger partial charge on any atom is -0.506 e. The number of phenols is 1. The highest BCUT2D eigenvalue weighted by atomic mass is 35.5. The molecular weight excluding hydrogens is 500 g/mol. The summed E-state index contributed by atoms with van der Waals surface area (Å²) >= 11 is 6.30. The summed E-state index contributed by atoms with van der Waals surface area (Å²) in [5.74, 6) is 0.934. The molecule has 1 unspecified atom stereocenters. The number of amidine groups is 1. The average molecular weight is 529 g/mol. The summed E-state index contributed by atoms with van der Waals surface area (Å²) in [6, 6.07) is 20.7. The number of nitrogens with one attached hydrogen (secondary N) is 1. The molecule has 1 aliphatic rings. The number of ether oxygens (including phenoxy) is 1. The number of hydrogen-bond acceptors (Lipinski definition) is 5. The smallest absolute Gasteiger partial charge is 0.166 e. The van der Waals surface area contributed by atoms with E-state index in [2.05, 4.69) is 4.98 Å². The van der Waals surface area contributed by atoms with Gasteiger partial charge in [-0.15, -0.1) is 0 Å². The number of aryl methyl sites for hydroxylation is 2. The van der Waals surface area contributed by atoms with Crippen LogP contribution in [-0.2, 0) is 18.7 Å². The van der Waals surface area contributed by atoms with Crippen molar-refractivity contribution in [1.82, 2.24) is 14.5 Å². The Hall–Kier alpha value is -4.07. The molecule has 0 radical (unpaired) electrons. The highest BCUT2D eigenvalue weighted by molar-refractivity contribution is 6.30. The molecule has 194 valence electrons. The second kappa shape index (κ2) is 10.4. The van der Waals surface area contributed by atoms with Crippen molar-refractivity contribution in [3.8, 4) is 17.2 Å². The molecule has 0 saturated heterocycles. The summed E-state index contributed by atoms with van der Waals surface area (Å²) in [7, 11) is 1.62. The van der Waals surface area contributed by atoms with Crippen molar-refractivity contribution in [3.05, 3.63) is 112 Å². The number of aromatic hydroxyl groups is 1. The van der Waals surface area contributed by atoms with Crippen LogP contribution in [0.15, 0.2) is 79.1 Å². The van der Waals surface area contributed by atoms with Crippen molar-refractivity contribution in [2.75, 3.05) is 7.11 Å². The van der Waals surface area contributed by atoms with Crippen LogP contribution in [0.25, 0.3) is 11.8 Å². The van der Waals surface area contributed by atoms with Crippen molar-refractivity contribution >= 4 is 23.5 Å².